The molecule has 5 atom stereocenters. The average Bonchev–Trinajstić information content (AvgIpc) is 3.19. The maximum Gasteiger partial charge on any atom is 0.206 e. The van der Waals surface area contributed by atoms with Crippen LogP contribution in [0.5, 0.6) is 0 Å². The minimum absolute atomic E-state index is 0. The van der Waals surface area contributed by atoms with Gasteiger partial charge in [0, 0.05) is 11.2 Å². The van der Waals surface area contributed by atoms with Crippen LogP contribution >= 0.6 is 24.0 Å². The lowest BCUT2D eigenvalue weighted by Crippen LogP contribution is -2.34. The van der Waals surface area contributed by atoms with Crippen molar-refractivity contribution < 1.29 is 29.7 Å². The van der Waals surface area contributed by atoms with Gasteiger partial charge in [-0.1, -0.05) is 28.9 Å². The molecule has 2 aromatic heterocycles. The second-order valence-corrected chi connectivity index (χ2v) is 6.84. The van der Waals surface area contributed by atoms with E-state index in [0.717, 1.165) is 6.20 Å². The summed E-state index contributed by atoms with van der Waals surface area (Å²) in [4.78, 5) is 6.42. The number of fused-ring (bicyclic) bond motifs is 1. The first-order valence-electron chi connectivity index (χ1n) is 8.29. The van der Waals surface area contributed by atoms with Gasteiger partial charge in [0.15, 0.2) is 12.0 Å². The Balaban J connectivity index is 0.00000240. The number of aliphatic hydroxyl groups excluding tert-OH is 3. The van der Waals surface area contributed by atoms with Gasteiger partial charge in [0.1, 0.15) is 35.4 Å². The molecule has 0 aliphatic carbocycles. The smallest absolute Gasteiger partial charge is 0.206 e. The van der Waals surface area contributed by atoms with Crippen molar-refractivity contribution in [1.29, 1.82) is 0 Å². The predicted octanol–water partition coefficient (Wildman–Crippen LogP) is 1.22. The zero-order valence-electron chi connectivity index (χ0n) is 14.6. The summed E-state index contributed by atoms with van der Waals surface area (Å²) in [5.74, 6) is -0.765. The minimum Gasteiger partial charge on any atom is -0.409 e. The van der Waals surface area contributed by atoms with Gasteiger partial charge in [-0.2, -0.15) is 0 Å². The van der Waals surface area contributed by atoms with Gasteiger partial charge in [-0.25, -0.2) is 9.37 Å². The highest BCUT2D eigenvalue weighted by molar-refractivity contribution is 6.30. The number of H-pyrrole nitrogens is 1. The van der Waals surface area contributed by atoms with Gasteiger partial charge < -0.3 is 34.8 Å². The Morgan fingerprint density at radius 3 is 2.59 bits per heavy atom. The van der Waals surface area contributed by atoms with E-state index in [9.17, 15) is 19.7 Å². The largest absolute Gasteiger partial charge is 0.409 e. The van der Waals surface area contributed by atoms with E-state index in [0.29, 0.717) is 10.6 Å². The summed E-state index contributed by atoms with van der Waals surface area (Å²) in [6.07, 6.45) is -4.34. The molecule has 1 aromatic carbocycles. The number of nitrogens with one attached hydrogen (secondary N) is 1. The van der Waals surface area contributed by atoms with Crippen LogP contribution in [0.2, 0.25) is 5.02 Å². The fourth-order valence-electron chi connectivity index (χ4n) is 3.37. The Morgan fingerprint density at radius 1 is 1.24 bits per heavy atom. The molecule has 1 aliphatic heterocycles. The van der Waals surface area contributed by atoms with E-state index in [1.807, 2.05) is 0 Å². The van der Waals surface area contributed by atoms with Crippen LogP contribution in [-0.2, 0) is 4.74 Å². The Hall–Kier alpha value is -2.21. The molecule has 4 rings (SSSR count). The highest BCUT2D eigenvalue weighted by Crippen LogP contribution is 2.37. The summed E-state index contributed by atoms with van der Waals surface area (Å²) in [7, 11) is 0. The highest BCUT2D eigenvalue weighted by Gasteiger charge is 2.47. The van der Waals surface area contributed by atoms with E-state index in [1.54, 1.807) is 24.3 Å². The Kier molecular flexibility index (Phi) is 6.13. The number of ether oxygens (including phenoxy) is 1. The molecule has 12 heteroatoms. The van der Waals surface area contributed by atoms with Crippen LogP contribution in [0.15, 0.2) is 41.9 Å². The van der Waals surface area contributed by atoms with E-state index in [2.05, 4.69) is 15.1 Å². The normalized spacial score (nSPS) is 25.9. The molecule has 0 amide bonds. The molecule has 3 heterocycles. The lowest BCUT2D eigenvalue weighted by atomic mass is 9.99. The van der Waals surface area contributed by atoms with Gasteiger partial charge in [-0.3, -0.25) is 0 Å². The lowest BCUT2D eigenvalue weighted by molar-refractivity contribution is -0.0849. The van der Waals surface area contributed by atoms with E-state index < -0.39 is 36.5 Å². The molecule has 0 radical (unpaired) electrons. The van der Waals surface area contributed by atoms with Crippen molar-refractivity contribution in [1.82, 2.24) is 14.5 Å². The van der Waals surface area contributed by atoms with Gasteiger partial charge >= 0.3 is 0 Å². The third-order valence-electron chi connectivity index (χ3n) is 4.76. The first kappa shape index (κ1) is 21.5. The van der Waals surface area contributed by atoms with E-state index in [-0.39, 0.29) is 28.9 Å². The zero-order valence-corrected chi connectivity index (χ0v) is 16.1. The summed E-state index contributed by atoms with van der Waals surface area (Å²) >= 11 is 5.84. The fourth-order valence-corrected chi connectivity index (χ4v) is 3.50. The second-order valence-electron chi connectivity index (χ2n) is 6.40. The van der Waals surface area contributed by atoms with Crippen LogP contribution < -0.4 is 5.49 Å². The Morgan fingerprint density at radius 2 is 1.93 bits per heavy atom. The summed E-state index contributed by atoms with van der Waals surface area (Å²) in [5, 5.41) is 43.7. The monoisotopic (exact) mass is 446 g/mol. The number of benzene rings is 1. The van der Waals surface area contributed by atoms with Crippen molar-refractivity contribution in [3.8, 4) is 0 Å². The van der Waals surface area contributed by atoms with E-state index >= 15 is 0 Å². The number of aliphatic hydroxyl groups is 3. The number of hydrogen-bond donors (Lipinski definition) is 5. The van der Waals surface area contributed by atoms with Crippen LogP contribution in [0.3, 0.4) is 0 Å². The Bertz CT molecular complexity index is 1070. The van der Waals surface area contributed by atoms with Gasteiger partial charge in [0.05, 0.1) is 6.33 Å². The molecule has 29 heavy (non-hydrogen) atoms. The fraction of sp³-hybridized carbons (Fsp3) is 0.294. The van der Waals surface area contributed by atoms with Crippen LogP contribution in [-0.4, -0.2) is 53.4 Å². The van der Waals surface area contributed by atoms with Crippen molar-refractivity contribution in [3.63, 3.8) is 0 Å². The molecule has 1 aliphatic rings. The van der Waals surface area contributed by atoms with Crippen molar-refractivity contribution >= 4 is 35.0 Å². The Labute approximate surface area is 174 Å². The van der Waals surface area contributed by atoms with Crippen LogP contribution in [0.4, 0.5) is 4.39 Å². The standard InChI is InChI=1S/C17H16ClFN4O5.ClH/c18-8-3-1-7(2-4-8)11(24)14-12(25)13(26)17(28-14)23-5-9(19)10-15(22-27)20-6-21-16(10)23;/h1-6,11-14,17,24-27H,(H,20,21,22);1H/t11?,12-,13+,14+,17+;/m0./s1. The third-order valence-corrected chi connectivity index (χ3v) is 5.02. The van der Waals surface area contributed by atoms with E-state index in [1.165, 1.54) is 10.9 Å². The molecule has 9 nitrogen and oxygen atoms in total. The van der Waals surface area contributed by atoms with Crippen LogP contribution in [0.1, 0.15) is 17.9 Å². The summed E-state index contributed by atoms with van der Waals surface area (Å²) in [6, 6.07) is 6.29. The summed E-state index contributed by atoms with van der Waals surface area (Å²) < 4.78 is 21.3. The second kappa shape index (κ2) is 8.27. The average molecular weight is 447 g/mol. The molecule has 5 N–H and O–H groups in total. The SMILES string of the molecule is Cl.ON=c1nc[nH]c2c1c(F)cn2[C@@H]1O[C@H](C(O)c2ccc(Cl)cc2)[C@@H](O)[C@H]1O. The summed E-state index contributed by atoms with van der Waals surface area (Å²) in [5.41, 5.74) is 0.302. The molecule has 156 valence electrons. The van der Waals surface area contributed by atoms with Crippen LogP contribution in [0.25, 0.3) is 11.0 Å². The molecular formula is C17H17Cl2FN4O5. The molecule has 1 saturated heterocycles. The van der Waals surface area contributed by atoms with Gasteiger partial charge in [-0.15, -0.1) is 12.4 Å². The van der Waals surface area contributed by atoms with Crippen molar-refractivity contribution in [3.05, 3.63) is 58.7 Å². The minimum atomic E-state index is -1.46. The predicted molar refractivity (Wildman–Crippen MR) is 101 cm³/mol. The topological polar surface area (TPSA) is 136 Å². The van der Waals surface area contributed by atoms with Crippen molar-refractivity contribution in [2.24, 2.45) is 5.16 Å². The molecule has 3 aromatic rings. The quantitative estimate of drug-likeness (QED) is 0.303. The highest BCUT2D eigenvalue weighted by atomic mass is 35.5. The maximum absolute atomic E-state index is 14.4. The van der Waals surface area contributed by atoms with E-state index in [4.69, 9.17) is 21.5 Å². The number of halogens is 3. The molecule has 1 unspecified atom stereocenters. The third kappa shape index (κ3) is 3.59. The molecule has 0 saturated carbocycles. The number of aromatic nitrogens is 3. The first-order chi connectivity index (χ1) is 13.4. The summed E-state index contributed by atoms with van der Waals surface area (Å²) in [6.45, 7) is 0. The van der Waals surface area contributed by atoms with Crippen LogP contribution in [0, 0.1) is 5.82 Å². The zero-order chi connectivity index (χ0) is 20.0. The maximum atomic E-state index is 14.4. The molecule has 0 bridgehead atoms. The number of rotatable bonds is 3. The first-order valence-corrected chi connectivity index (χ1v) is 8.67. The lowest BCUT2D eigenvalue weighted by Gasteiger charge is -2.21. The molecular weight excluding hydrogens is 430 g/mol. The molecule has 1 fully saturated rings. The molecule has 0 spiro atoms. The number of hydrogen-bond acceptors (Lipinski definition) is 7. The van der Waals surface area contributed by atoms with Crippen molar-refractivity contribution in [2.75, 3.05) is 0 Å². The van der Waals surface area contributed by atoms with Gasteiger partial charge in [0.2, 0.25) is 5.49 Å². The number of nitrogens with zero attached hydrogens (tertiary/aromatic N) is 3. The number of aromatic amines is 1. The van der Waals surface area contributed by atoms with Gasteiger partial charge in [0.25, 0.3) is 0 Å². The van der Waals surface area contributed by atoms with Crippen molar-refractivity contribution in [2.45, 2.75) is 30.6 Å². The van der Waals surface area contributed by atoms with Gasteiger partial charge in [-0.05, 0) is 17.7 Å².